The van der Waals surface area contributed by atoms with E-state index in [9.17, 15) is 14.0 Å². The minimum atomic E-state index is -0.472. The molecule has 4 rings (SSSR count). The number of amides is 1. The molecule has 2 aromatic heterocycles. The lowest BCUT2D eigenvalue weighted by atomic mass is 9.89. The van der Waals surface area contributed by atoms with Crippen molar-refractivity contribution in [2.45, 2.75) is 43.5 Å². The number of hydrogen-bond donors (Lipinski definition) is 2. The first kappa shape index (κ1) is 19.1. The van der Waals surface area contributed by atoms with E-state index >= 15 is 0 Å². The molecule has 2 N–H and O–H groups in total. The van der Waals surface area contributed by atoms with E-state index in [4.69, 9.17) is 0 Å². The van der Waals surface area contributed by atoms with Crippen LogP contribution in [0.5, 0.6) is 0 Å². The monoisotopic (exact) mass is 417 g/mol. The van der Waals surface area contributed by atoms with Crippen LogP contribution in [0.2, 0.25) is 0 Å². The Morgan fingerprint density at radius 1 is 1.39 bits per heavy atom. The van der Waals surface area contributed by atoms with E-state index in [-0.39, 0.29) is 17.3 Å². The van der Waals surface area contributed by atoms with Gasteiger partial charge in [0.15, 0.2) is 5.16 Å². The van der Waals surface area contributed by atoms with Gasteiger partial charge in [-0.25, -0.2) is 9.37 Å². The molecule has 0 saturated carbocycles. The molecule has 0 saturated heterocycles. The number of aromatic amines is 1. The van der Waals surface area contributed by atoms with Crippen LogP contribution in [0.1, 0.15) is 30.7 Å². The van der Waals surface area contributed by atoms with Crippen molar-refractivity contribution in [2.75, 3.05) is 5.32 Å². The molecule has 28 heavy (non-hydrogen) atoms. The molecule has 1 amide bonds. The Hall–Kier alpha value is -2.19. The molecule has 0 bridgehead atoms. The minimum Gasteiger partial charge on any atom is -0.325 e. The van der Waals surface area contributed by atoms with Gasteiger partial charge in [-0.2, -0.15) is 0 Å². The molecule has 0 spiro atoms. The van der Waals surface area contributed by atoms with E-state index < -0.39 is 5.25 Å². The Morgan fingerprint density at radius 3 is 2.89 bits per heavy atom. The van der Waals surface area contributed by atoms with Crippen LogP contribution < -0.4 is 10.9 Å². The van der Waals surface area contributed by atoms with Crippen molar-refractivity contribution >= 4 is 44.9 Å². The third-order valence-corrected chi connectivity index (χ3v) is 7.05. The van der Waals surface area contributed by atoms with E-state index in [1.807, 2.05) is 0 Å². The molecule has 3 aromatic rings. The second-order valence-corrected chi connectivity index (χ2v) is 9.57. The largest absolute Gasteiger partial charge is 0.325 e. The maximum atomic E-state index is 13.0. The average molecular weight is 418 g/mol. The van der Waals surface area contributed by atoms with Crippen LogP contribution in [-0.2, 0) is 17.6 Å². The number of H-pyrrole nitrogens is 1. The van der Waals surface area contributed by atoms with Crippen LogP contribution in [0, 0.1) is 11.7 Å². The predicted molar refractivity (Wildman–Crippen MR) is 112 cm³/mol. The Kier molecular flexibility index (Phi) is 5.25. The second-order valence-electron chi connectivity index (χ2n) is 7.16. The van der Waals surface area contributed by atoms with Gasteiger partial charge in [0.1, 0.15) is 10.6 Å². The topological polar surface area (TPSA) is 74.8 Å². The van der Waals surface area contributed by atoms with Crippen LogP contribution in [0.15, 0.2) is 34.2 Å². The van der Waals surface area contributed by atoms with Gasteiger partial charge in [-0.1, -0.05) is 18.7 Å². The third kappa shape index (κ3) is 3.84. The first-order valence-corrected chi connectivity index (χ1v) is 10.9. The number of carbonyl (C=O) groups excluding carboxylic acids is 1. The zero-order chi connectivity index (χ0) is 19.8. The summed E-state index contributed by atoms with van der Waals surface area (Å²) in [4.78, 5) is 34.5. The van der Waals surface area contributed by atoms with Gasteiger partial charge in [-0.15, -0.1) is 11.3 Å². The van der Waals surface area contributed by atoms with E-state index in [1.54, 1.807) is 18.3 Å². The number of halogens is 1. The highest BCUT2D eigenvalue weighted by atomic mass is 32.2. The van der Waals surface area contributed by atoms with E-state index in [0.29, 0.717) is 22.1 Å². The van der Waals surface area contributed by atoms with Gasteiger partial charge >= 0.3 is 0 Å². The van der Waals surface area contributed by atoms with E-state index in [1.165, 1.54) is 40.9 Å². The second kappa shape index (κ2) is 7.67. The average Bonchev–Trinajstić information content (AvgIpc) is 3.01. The fourth-order valence-corrected chi connectivity index (χ4v) is 5.62. The molecule has 1 aromatic carbocycles. The molecule has 8 heteroatoms. The Balaban J connectivity index is 1.53. The van der Waals surface area contributed by atoms with Crippen LogP contribution in [0.25, 0.3) is 10.2 Å². The van der Waals surface area contributed by atoms with Crippen molar-refractivity contribution in [1.29, 1.82) is 0 Å². The SMILES string of the molecule is C[C@H]1CCc2c(sc3nc(S[C@@H](C)C(=O)Nc4ccc(F)cc4)[nH]c(=O)c23)C1. The number of aromatic nitrogens is 2. The summed E-state index contributed by atoms with van der Waals surface area (Å²) >= 11 is 2.79. The first-order valence-electron chi connectivity index (χ1n) is 9.18. The fourth-order valence-electron chi connectivity index (χ4n) is 3.38. The Labute approximate surface area is 169 Å². The molecule has 1 aliphatic carbocycles. The normalized spacial score (nSPS) is 17.3. The summed E-state index contributed by atoms with van der Waals surface area (Å²) in [5, 5.41) is 3.41. The predicted octanol–water partition coefficient (Wildman–Crippen LogP) is 4.37. The van der Waals surface area contributed by atoms with E-state index in [0.717, 1.165) is 29.7 Å². The number of nitrogens with zero attached hydrogens (tertiary/aromatic N) is 1. The number of fused-ring (bicyclic) bond motifs is 3. The van der Waals surface area contributed by atoms with Gasteiger partial charge in [0, 0.05) is 10.6 Å². The van der Waals surface area contributed by atoms with Crippen LogP contribution >= 0.6 is 23.1 Å². The molecule has 0 fully saturated rings. The van der Waals surface area contributed by atoms with E-state index in [2.05, 4.69) is 22.2 Å². The molecule has 0 aliphatic heterocycles. The molecule has 1 aliphatic rings. The van der Waals surface area contributed by atoms with Gasteiger partial charge in [-0.3, -0.25) is 9.59 Å². The lowest BCUT2D eigenvalue weighted by Crippen LogP contribution is -2.23. The van der Waals surface area contributed by atoms with Crippen LogP contribution in [0.3, 0.4) is 0 Å². The Bertz CT molecular complexity index is 1090. The summed E-state index contributed by atoms with van der Waals surface area (Å²) in [6, 6.07) is 5.60. The lowest BCUT2D eigenvalue weighted by molar-refractivity contribution is -0.115. The maximum Gasteiger partial charge on any atom is 0.260 e. The number of benzene rings is 1. The standard InChI is InChI=1S/C20H20FN3O2S2/c1-10-3-8-14-15(9-10)28-19-16(14)18(26)23-20(24-19)27-11(2)17(25)22-13-6-4-12(21)5-7-13/h4-7,10-11H,3,8-9H2,1-2H3,(H,22,25)(H,23,24,26)/t10-,11-/m0/s1. The van der Waals surface area contributed by atoms with Crippen LogP contribution in [-0.4, -0.2) is 21.1 Å². The van der Waals surface area contributed by atoms with Gasteiger partial charge in [0.2, 0.25) is 5.91 Å². The highest BCUT2D eigenvalue weighted by Crippen LogP contribution is 2.36. The molecule has 0 radical (unpaired) electrons. The number of thioether (sulfide) groups is 1. The highest BCUT2D eigenvalue weighted by Gasteiger charge is 2.24. The number of nitrogens with one attached hydrogen (secondary N) is 2. The number of carbonyl (C=O) groups is 1. The molecular weight excluding hydrogens is 397 g/mol. The summed E-state index contributed by atoms with van der Waals surface area (Å²) in [6.45, 7) is 3.97. The van der Waals surface area contributed by atoms with Crippen molar-refractivity contribution in [1.82, 2.24) is 9.97 Å². The summed E-state index contributed by atoms with van der Waals surface area (Å²) < 4.78 is 13.0. The Morgan fingerprint density at radius 2 is 2.14 bits per heavy atom. The van der Waals surface area contributed by atoms with Crippen molar-refractivity contribution in [2.24, 2.45) is 5.92 Å². The van der Waals surface area contributed by atoms with Crippen LogP contribution in [0.4, 0.5) is 10.1 Å². The van der Waals surface area contributed by atoms with Gasteiger partial charge < -0.3 is 10.3 Å². The number of thiophene rings is 1. The third-order valence-electron chi connectivity index (χ3n) is 4.91. The van der Waals surface area contributed by atoms with Crippen molar-refractivity contribution in [3.63, 3.8) is 0 Å². The minimum absolute atomic E-state index is 0.134. The number of aryl methyl sites for hydroxylation is 1. The van der Waals surface area contributed by atoms with Gasteiger partial charge in [-0.05, 0) is 61.9 Å². The van der Waals surface area contributed by atoms with Crippen molar-refractivity contribution in [3.05, 3.63) is 50.9 Å². The number of hydrogen-bond acceptors (Lipinski definition) is 5. The summed E-state index contributed by atoms with van der Waals surface area (Å²) in [5.74, 6) is 0.0332. The van der Waals surface area contributed by atoms with Gasteiger partial charge in [0.25, 0.3) is 5.56 Å². The highest BCUT2D eigenvalue weighted by molar-refractivity contribution is 8.00. The van der Waals surface area contributed by atoms with Crippen molar-refractivity contribution in [3.8, 4) is 0 Å². The van der Waals surface area contributed by atoms with Crippen molar-refractivity contribution < 1.29 is 9.18 Å². The summed E-state index contributed by atoms with van der Waals surface area (Å²) in [6.07, 6.45) is 3.01. The molecule has 2 heterocycles. The molecule has 146 valence electrons. The molecular formula is C20H20FN3O2S2. The molecule has 0 unspecified atom stereocenters. The summed E-state index contributed by atoms with van der Waals surface area (Å²) in [7, 11) is 0. The first-order chi connectivity index (χ1) is 13.4. The molecule has 2 atom stereocenters. The molecule has 5 nitrogen and oxygen atoms in total. The zero-order valence-corrected chi connectivity index (χ0v) is 17.2. The number of rotatable bonds is 4. The van der Waals surface area contributed by atoms with Gasteiger partial charge in [0.05, 0.1) is 10.6 Å². The lowest BCUT2D eigenvalue weighted by Gasteiger charge is -2.17. The zero-order valence-electron chi connectivity index (χ0n) is 15.5. The maximum absolute atomic E-state index is 13.0. The quantitative estimate of drug-likeness (QED) is 0.488. The summed E-state index contributed by atoms with van der Waals surface area (Å²) in [5.41, 5.74) is 1.53. The number of anilines is 1. The smallest absolute Gasteiger partial charge is 0.260 e. The fraction of sp³-hybridized carbons (Fsp3) is 0.350.